The molecule has 1 aliphatic heterocycles. The minimum atomic E-state index is -0.0534. The van der Waals surface area contributed by atoms with Crippen LogP contribution >= 0.6 is 35.8 Å². The summed E-state index contributed by atoms with van der Waals surface area (Å²) in [6, 6.07) is 8.20. The summed E-state index contributed by atoms with van der Waals surface area (Å²) in [5.41, 5.74) is 0. The second kappa shape index (κ2) is 8.89. The first kappa shape index (κ1) is 18.6. The van der Waals surface area contributed by atoms with E-state index < -0.39 is 0 Å². The van der Waals surface area contributed by atoms with Crippen molar-refractivity contribution in [3.8, 4) is 0 Å². The lowest BCUT2D eigenvalue weighted by molar-refractivity contribution is -0.131. The normalized spacial score (nSPS) is 17.2. The minimum Gasteiger partial charge on any atom is -0.342 e. The fraction of sp³-hybridized carbons (Fsp3) is 0.533. The van der Waals surface area contributed by atoms with E-state index in [1.54, 1.807) is 11.8 Å². The van der Waals surface area contributed by atoms with Gasteiger partial charge in [-0.3, -0.25) is 4.79 Å². The van der Waals surface area contributed by atoms with E-state index in [0.717, 1.165) is 35.8 Å². The molecule has 0 saturated carbocycles. The highest BCUT2D eigenvalue weighted by atomic mass is 35.5. The van der Waals surface area contributed by atoms with Gasteiger partial charge in [0.1, 0.15) is 0 Å². The summed E-state index contributed by atoms with van der Waals surface area (Å²) in [5, 5.41) is 3.95. The molecule has 0 spiro atoms. The number of hydrogen-bond acceptors (Lipinski definition) is 3. The third-order valence-electron chi connectivity index (χ3n) is 3.69. The van der Waals surface area contributed by atoms with Gasteiger partial charge in [-0.1, -0.05) is 11.6 Å². The molecule has 0 bridgehead atoms. The Morgan fingerprint density at radius 1 is 1.33 bits per heavy atom. The number of nitrogens with zero attached hydrogens (tertiary/aromatic N) is 1. The number of benzene rings is 1. The SMILES string of the molecule is CNC1CCN(C(=O)C(C)Sc2ccc(Cl)cc2)CC1.Cl. The van der Waals surface area contributed by atoms with Crippen molar-refractivity contribution in [2.75, 3.05) is 20.1 Å². The van der Waals surface area contributed by atoms with Crippen LogP contribution in [-0.2, 0) is 4.79 Å². The zero-order valence-corrected chi connectivity index (χ0v) is 14.7. The van der Waals surface area contributed by atoms with Crippen LogP contribution in [0.25, 0.3) is 0 Å². The van der Waals surface area contributed by atoms with Gasteiger partial charge in [0, 0.05) is 29.0 Å². The van der Waals surface area contributed by atoms with E-state index in [1.807, 2.05) is 43.1 Å². The number of halogens is 2. The lowest BCUT2D eigenvalue weighted by atomic mass is 10.1. The first-order chi connectivity index (χ1) is 9.60. The second-order valence-corrected chi connectivity index (χ2v) is 6.95. The molecule has 1 unspecified atom stereocenters. The maximum Gasteiger partial charge on any atom is 0.235 e. The molecule has 1 aliphatic rings. The number of rotatable bonds is 4. The van der Waals surface area contributed by atoms with Gasteiger partial charge in [0.2, 0.25) is 5.91 Å². The maximum atomic E-state index is 12.4. The van der Waals surface area contributed by atoms with Crippen molar-refractivity contribution in [3.63, 3.8) is 0 Å². The second-order valence-electron chi connectivity index (χ2n) is 5.10. The van der Waals surface area contributed by atoms with Gasteiger partial charge in [-0.15, -0.1) is 24.2 Å². The van der Waals surface area contributed by atoms with Crippen molar-refractivity contribution in [1.82, 2.24) is 10.2 Å². The van der Waals surface area contributed by atoms with Crippen LogP contribution in [-0.4, -0.2) is 42.2 Å². The molecule has 1 heterocycles. The number of likely N-dealkylation sites (tertiary alicyclic amines) is 1. The van der Waals surface area contributed by atoms with Crippen LogP contribution in [0.3, 0.4) is 0 Å². The molecule has 1 aromatic rings. The van der Waals surface area contributed by atoms with Gasteiger partial charge < -0.3 is 10.2 Å². The molecule has 1 saturated heterocycles. The zero-order chi connectivity index (χ0) is 14.5. The van der Waals surface area contributed by atoms with Gasteiger partial charge in [0.15, 0.2) is 0 Å². The van der Waals surface area contributed by atoms with Crippen molar-refractivity contribution in [1.29, 1.82) is 0 Å². The summed E-state index contributed by atoms with van der Waals surface area (Å²) in [7, 11) is 1.99. The number of carbonyl (C=O) groups is 1. The number of hydrogen-bond donors (Lipinski definition) is 1. The quantitative estimate of drug-likeness (QED) is 0.845. The number of thioether (sulfide) groups is 1. The Labute approximate surface area is 142 Å². The molecular weight excluding hydrogens is 327 g/mol. The van der Waals surface area contributed by atoms with E-state index in [-0.39, 0.29) is 23.6 Å². The molecule has 0 aliphatic carbocycles. The molecular formula is C15H22Cl2N2OS. The smallest absolute Gasteiger partial charge is 0.235 e. The van der Waals surface area contributed by atoms with Crippen molar-refractivity contribution in [2.24, 2.45) is 0 Å². The molecule has 1 atom stereocenters. The molecule has 3 nitrogen and oxygen atoms in total. The average Bonchev–Trinajstić information content (AvgIpc) is 2.49. The Hall–Kier alpha value is -0.420. The number of piperidine rings is 1. The number of amides is 1. The Morgan fingerprint density at radius 3 is 2.43 bits per heavy atom. The Morgan fingerprint density at radius 2 is 1.90 bits per heavy atom. The molecule has 0 aromatic heterocycles. The van der Waals surface area contributed by atoms with Gasteiger partial charge in [0.25, 0.3) is 0 Å². The van der Waals surface area contributed by atoms with Crippen LogP contribution in [0.5, 0.6) is 0 Å². The topological polar surface area (TPSA) is 32.3 Å². The van der Waals surface area contributed by atoms with Crippen LogP contribution in [0.2, 0.25) is 5.02 Å². The highest BCUT2D eigenvalue weighted by Crippen LogP contribution is 2.26. The first-order valence-electron chi connectivity index (χ1n) is 6.98. The van der Waals surface area contributed by atoms with Crippen molar-refractivity contribution in [2.45, 2.75) is 36.0 Å². The lowest BCUT2D eigenvalue weighted by Crippen LogP contribution is -2.46. The molecule has 0 radical (unpaired) electrons. The summed E-state index contributed by atoms with van der Waals surface area (Å²) < 4.78 is 0. The minimum absolute atomic E-state index is 0. The van der Waals surface area contributed by atoms with E-state index in [2.05, 4.69) is 5.32 Å². The summed E-state index contributed by atoms with van der Waals surface area (Å²) in [5.74, 6) is 0.236. The molecule has 1 N–H and O–H groups in total. The van der Waals surface area contributed by atoms with Gasteiger partial charge in [-0.05, 0) is 51.1 Å². The summed E-state index contributed by atoms with van der Waals surface area (Å²) >= 11 is 7.46. The van der Waals surface area contributed by atoms with Gasteiger partial charge in [-0.25, -0.2) is 0 Å². The molecule has 118 valence electrons. The fourth-order valence-electron chi connectivity index (χ4n) is 2.41. The van der Waals surface area contributed by atoms with Gasteiger partial charge in [0.05, 0.1) is 5.25 Å². The molecule has 6 heteroatoms. The van der Waals surface area contributed by atoms with E-state index in [9.17, 15) is 4.79 Å². The Kier molecular flexibility index (Phi) is 7.88. The van der Waals surface area contributed by atoms with Gasteiger partial charge >= 0.3 is 0 Å². The molecule has 1 fully saturated rings. The molecule has 1 amide bonds. The number of carbonyl (C=O) groups excluding carboxylic acids is 1. The monoisotopic (exact) mass is 348 g/mol. The predicted molar refractivity (Wildman–Crippen MR) is 92.7 cm³/mol. The summed E-state index contributed by atoms with van der Waals surface area (Å²) in [4.78, 5) is 15.5. The predicted octanol–water partition coefficient (Wildman–Crippen LogP) is 3.45. The van der Waals surface area contributed by atoms with Crippen LogP contribution in [0, 0.1) is 0 Å². The average molecular weight is 349 g/mol. The van der Waals surface area contributed by atoms with Gasteiger partial charge in [-0.2, -0.15) is 0 Å². The maximum absolute atomic E-state index is 12.4. The highest BCUT2D eigenvalue weighted by Gasteiger charge is 2.25. The van der Waals surface area contributed by atoms with E-state index >= 15 is 0 Å². The molecule has 1 aromatic carbocycles. The molecule has 2 rings (SSSR count). The molecule has 21 heavy (non-hydrogen) atoms. The van der Waals surface area contributed by atoms with E-state index in [1.165, 1.54) is 0 Å². The first-order valence-corrected chi connectivity index (χ1v) is 8.24. The lowest BCUT2D eigenvalue weighted by Gasteiger charge is -2.33. The third-order valence-corrected chi connectivity index (χ3v) is 5.04. The highest BCUT2D eigenvalue weighted by molar-refractivity contribution is 8.00. The van der Waals surface area contributed by atoms with E-state index in [4.69, 9.17) is 11.6 Å². The standard InChI is InChI=1S/C15H21ClN2OS.ClH/c1-11(20-14-5-3-12(16)4-6-14)15(19)18-9-7-13(17-2)8-10-18;/h3-6,11,13,17H,7-10H2,1-2H3;1H. The van der Waals surface area contributed by atoms with Crippen LogP contribution in [0.15, 0.2) is 29.2 Å². The summed E-state index contributed by atoms with van der Waals surface area (Å²) in [6.07, 6.45) is 2.08. The fourth-order valence-corrected chi connectivity index (χ4v) is 3.49. The van der Waals surface area contributed by atoms with Crippen molar-refractivity contribution >= 4 is 41.7 Å². The van der Waals surface area contributed by atoms with E-state index in [0.29, 0.717) is 6.04 Å². The summed E-state index contributed by atoms with van der Waals surface area (Å²) in [6.45, 7) is 3.69. The van der Waals surface area contributed by atoms with Crippen LogP contribution in [0.1, 0.15) is 19.8 Å². The van der Waals surface area contributed by atoms with Crippen LogP contribution < -0.4 is 5.32 Å². The van der Waals surface area contributed by atoms with Crippen molar-refractivity contribution < 1.29 is 4.79 Å². The van der Waals surface area contributed by atoms with Crippen molar-refractivity contribution in [3.05, 3.63) is 29.3 Å². The Balaban J connectivity index is 0.00000220. The zero-order valence-electron chi connectivity index (χ0n) is 12.3. The third kappa shape index (κ3) is 5.37. The number of nitrogens with one attached hydrogen (secondary N) is 1. The van der Waals surface area contributed by atoms with Crippen LogP contribution in [0.4, 0.5) is 0 Å². The Bertz CT molecular complexity index is 447. The largest absolute Gasteiger partial charge is 0.342 e.